The number of nitrogens with zero attached hydrogens (tertiary/aromatic N) is 2. The number of amides is 1. The number of rotatable bonds is 6. The number of carbonyl (C=O) groups excluding carboxylic acids is 1. The number of carbonyl (C=O) groups is 1. The predicted molar refractivity (Wildman–Crippen MR) is 113 cm³/mol. The van der Waals surface area contributed by atoms with Gasteiger partial charge in [-0.1, -0.05) is 12.1 Å². The van der Waals surface area contributed by atoms with Crippen LogP contribution in [0.2, 0.25) is 0 Å². The molecule has 0 spiro atoms. The Kier molecular flexibility index (Phi) is 6.06. The Morgan fingerprint density at radius 3 is 2.37 bits per heavy atom. The summed E-state index contributed by atoms with van der Waals surface area (Å²) in [6, 6.07) is 10.9. The predicted octanol–water partition coefficient (Wildman–Crippen LogP) is 3.14. The zero-order valence-corrected chi connectivity index (χ0v) is 17.6. The Hall–Kier alpha value is -2.45. The molecule has 0 atom stereocenters. The van der Waals surface area contributed by atoms with Crippen molar-refractivity contribution in [2.45, 2.75) is 37.1 Å². The Morgan fingerprint density at radius 1 is 0.967 bits per heavy atom. The minimum absolute atomic E-state index is 0.165. The maximum Gasteiger partial charge on any atom is 0.251 e. The van der Waals surface area contributed by atoms with Crippen molar-refractivity contribution in [2.24, 2.45) is 0 Å². The van der Waals surface area contributed by atoms with E-state index in [-0.39, 0.29) is 28.7 Å². The minimum Gasteiger partial charge on any atom is -0.370 e. The highest BCUT2D eigenvalue weighted by molar-refractivity contribution is 7.89. The summed E-state index contributed by atoms with van der Waals surface area (Å²) in [5.41, 5.74) is 1.59. The fourth-order valence-corrected chi connectivity index (χ4v) is 5.83. The monoisotopic (exact) mass is 431 g/mol. The van der Waals surface area contributed by atoms with Crippen molar-refractivity contribution >= 4 is 21.6 Å². The van der Waals surface area contributed by atoms with Crippen molar-refractivity contribution < 1.29 is 17.6 Å². The van der Waals surface area contributed by atoms with Crippen molar-refractivity contribution in [2.75, 3.05) is 31.1 Å². The Bertz CT molecular complexity index is 1030. The van der Waals surface area contributed by atoms with Crippen LogP contribution in [0, 0.1) is 5.82 Å². The lowest BCUT2D eigenvalue weighted by Gasteiger charge is -2.24. The van der Waals surface area contributed by atoms with E-state index in [0.717, 1.165) is 38.8 Å². The summed E-state index contributed by atoms with van der Waals surface area (Å²) in [5, 5.41) is 2.75. The molecule has 0 bridgehead atoms. The van der Waals surface area contributed by atoms with Crippen LogP contribution in [0.1, 0.15) is 41.6 Å². The van der Waals surface area contributed by atoms with E-state index in [9.17, 15) is 17.6 Å². The number of halogens is 1. The first-order valence-corrected chi connectivity index (χ1v) is 11.8. The van der Waals surface area contributed by atoms with Crippen LogP contribution in [0.15, 0.2) is 47.4 Å². The molecule has 2 saturated heterocycles. The lowest BCUT2D eigenvalue weighted by Crippen LogP contribution is -2.31. The molecular formula is C22H26FN3O3S. The van der Waals surface area contributed by atoms with E-state index in [4.69, 9.17) is 0 Å². The SMILES string of the molecule is O=C(NCc1cccc(F)c1)c1ccc(N2CCCC2)c(S(=O)(=O)N2CCCC2)c1. The Balaban J connectivity index is 1.61. The van der Waals surface area contributed by atoms with Crippen LogP contribution in [-0.2, 0) is 16.6 Å². The smallest absolute Gasteiger partial charge is 0.251 e. The Labute approximate surface area is 176 Å². The van der Waals surface area contributed by atoms with Crippen molar-refractivity contribution in [1.29, 1.82) is 0 Å². The average Bonchev–Trinajstić information content (AvgIpc) is 3.46. The molecule has 2 aliphatic rings. The zero-order valence-electron chi connectivity index (χ0n) is 16.8. The molecule has 30 heavy (non-hydrogen) atoms. The third-order valence-electron chi connectivity index (χ3n) is 5.69. The van der Waals surface area contributed by atoms with Crippen LogP contribution in [0.4, 0.5) is 10.1 Å². The third-order valence-corrected chi connectivity index (χ3v) is 7.62. The van der Waals surface area contributed by atoms with Gasteiger partial charge in [-0.25, -0.2) is 12.8 Å². The molecule has 2 aromatic carbocycles. The van der Waals surface area contributed by atoms with Gasteiger partial charge in [-0.2, -0.15) is 4.31 Å². The molecule has 0 radical (unpaired) electrons. The second-order valence-electron chi connectivity index (χ2n) is 7.80. The van der Waals surface area contributed by atoms with Crippen molar-refractivity contribution in [1.82, 2.24) is 9.62 Å². The quantitative estimate of drug-likeness (QED) is 0.763. The molecule has 1 amide bonds. The first kappa shape index (κ1) is 20.8. The summed E-state index contributed by atoms with van der Waals surface area (Å²) in [6.07, 6.45) is 3.76. The van der Waals surface area contributed by atoms with E-state index >= 15 is 0 Å². The summed E-state index contributed by atoms with van der Waals surface area (Å²) >= 11 is 0. The molecule has 0 aliphatic carbocycles. The summed E-state index contributed by atoms with van der Waals surface area (Å²) in [7, 11) is -3.67. The number of nitrogens with one attached hydrogen (secondary N) is 1. The van der Waals surface area contributed by atoms with Crippen LogP contribution in [-0.4, -0.2) is 44.8 Å². The number of hydrogen-bond donors (Lipinski definition) is 1. The number of sulfonamides is 1. The summed E-state index contributed by atoms with van der Waals surface area (Å²) in [5.74, 6) is -0.749. The number of anilines is 1. The summed E-state index contributed by atoms with van der Waals surface area (Å²) in [6.45, 7) is 2.81. The molecule has 2 heterocycles. The van der Waals surface area contributed by atoms with Gasteiger partial charge in [0.2, 0.25) is 10.0 Å². The van der Waals surface area contributed by atoms with Gasteiger partial charge in [-0.15, -0.1) is 0 Å². The molecular weight excluding hydrogens is 405 g/mol. The van der Waals surface area contributed by atoms with Crippen molar-refractivity contribution in [3.05, 3.63) is 59.4 Å². The highest BCUT2D eigenvalue weighted by Gasteiger charge is 2.32. The Morgan fingerprint density at radius 2 is 1.67 bits per heavy atom. The molecule has 6 nitrogen and oxygen atoms in total. The van der Waals surface area contributed by atoms with E-state index in [0.29, 0.717) is 24.3 Å². The van der Waals surface area contributed by atoms with E-state index in [1.807, 2.05) is 0 Å². The topological polar surface area (TPSA) is 69.7 Å². The minimum atomic E-state index is -3.67. The summed E-state index contributed by atoms with van der Waals surface area (Å²) in [4.78, 5) is 15.0. The molecule has 2 fully saturated rings. The van der Waals surface area contributed by atoms with Crippen LogP contribution in [0.5, 0.6) is 0 Å². The lowest BCUT2D eigenvalue weighted by atomic mass is 10.1. The van der Waals surface area contributed by atoms with Crippen molar-refractivity contribution in [3.8, 4) is 0 Å². The van der Waals surface area contributed by atoms with E-state index in [1.165, 1.54) is 22.5 Å². The van der Waals surface area contributed by atoms with Gasteiger partial charge in [-0.05, 0) is 61.6 Å². The van der Waals surface area contributed by atoms with Crippen LogP contribution < -0.4 is 10.2 Å². The maximum atomic E-state index is 13.4. The standard InChI is InChI=1S/C22H26FN3O3S/c23-19-7-5-6-17(14-19)16-24-22(27)18-8-9-20(25-10-1-2-11-25)21(15-18)30(28,29)26-12-3-4-13-26/h5-9,14-15H,1-4,10-13,16H2,(H,24,27). The van der Waals surface area contributed by atoms with E-state index < -0.39 is 10.0 Å². The van der Waals surface area contributed by atoms with Gasteiger partial charge in [0.15, 0.2) is 0 Å². The fraction of sp³-hybridized carbons (Fsp3) is 0.409. The normalized spacial score (nSPS) is 17.4. The zero-order chi connectivity index (χ0) is 21.1. The highest BCUT2D eigenvalue weighted by atomic mass is 32.2. The summed E-state index contributed by atoms with van der Waals surface area (Å²) < 4.78 is 41.5. The second-order valence-corrected chi connectivity index (χ2v) is 9.71. The van der Waals surface area contributed by atoms with Gasteiger partial charge in [0, 0.05) is 38.3 Å². The fourth-order valence-electron chi connectivity index (χ4n) is 4.08. The molecule has 8 heteroatoms. The van der Waals surface area contributed by atoms with Crippen LogP contribution in [0.25, 0.3) is 0 Å². The average molecular weight is 432 g/mol. The molecule has 2 aliphatic heterocycles. The molecule has 160 valence electrons. The molecule has 1 N–H and O–H groups in total. The molecule has 4 rings (SSSR count). The molecule has 0 unspecified atom stereocenters. The number of benzene rings is 2. The largest absolute Gasteiger partial charge is 0.370 e. The highest BCUT2D eigenvalue weighted by Crippen LogP contribution is 2.32. The molecule has 2 aromatic rings. The van der Waals surface area contributed by atoms with Crippen LogP contribution >= 0.6 is 0 Å². The van der Waals surface area contributed by atoms with Crippen molar-refractivity contribution in [3.63, 3.8) is 0 Å². The van der Waals surface area contributed by atoms with Crippen LogP contribution in [0.3, 0.4) is 0 Å². The van der Waals surface area contributed by atoms with Gasteiger partial charge in [0.05, 0.1) is 5.69 Å². The first-order valence-electron chi connectivity index (χ1n) is 10.4. The second kappa shape index (κ2) is 8.73. The van der Waals surface area contributed by atoms with Gasteiger partial charge >= 0.3 is 0 Å². The molecule has 0 saturated carbocycles. The van der Waals surface area contributed by atoms with Gasteiger partial charge < -0.3 is 10.2 Å². The third kappa shape index (κ3) is 4.34. The van der Waals surface area contributed by atoms with E-state index in [2.05, 4.69) is 10.2 Å². The number of hydrogen-bond acceptors (Lipinski definition) is 4. The van der Waals surface area contributed by atoms with E-state index in [1.54, 1.807) is 24.3 Å². The van der Waals surface area contributed by atoms with Gasteiger partial charge in [0.1, 0.15) is 10.7 Å². The van der Waals surface area contributed by atoms with Gasteiger partial charge in [-0.3, -0.25) is 4.79 Å². The maximum absolute atomic E-state index is 13.4. The van der Waals surface area contributed by atoms with Gasteiger partial charge in [0.25, 0.3) is 5.91 Å². The lowest BCUT2D eigenvalue weighted by molar-refractivity contribution is 0.0950. The first-order chi connectivity index (χ1) is 14.4. The molecule has 0 aromatic heterocycles.